The zero-order chi connectivity index (χ0) is 31.2. The summed E-state index contributed by atoms with van der Waals surface area (Å²) in [6.07, 6.45) is 0.102. The van der Waals surface area contributed by atoms with Crippen LogP contribution in [0.1, 0.15) is 52.7 Å². The van der Waals surface area contributed by atoms with E-state index in [-0.39, 0.29) is 35.0 Å². The molecule has 0 unspecified atom stereocenters. The Morgan fingerprint density at radius 1 is 0.636 bits per heavy atom. The monoisotopic (exact) mass is 628 g/mol. The maximum Gasteiger partial charge on any atom is 0.243 e. The number of aryl methyl sites for hydroxylation is 3. The molecule has 0 aliphatic carbocycles. The highest BCUT2D eigenvalue weighted by Gasteiger charge is 2.54. The Kier molecular flexibility index (Phi) is 8.09. The van der Waals surface area contributed by atoms with Gasteiger partial charge >= 0.3 is 0 Å². The van der Waals surface area contributed by atoms with E-state index in [1.54, 1.807) is 48.5 Å². The van der Waals surface area contributed by atoms with Crippen molar-refractivity contribution in [2.24, 2.45) is 5.92 Å². The van der Waals surface area contributed by atoms with Gasteiger partial charge in [0.15, 0.2) is 0 Å². The molecule has 0 aromatic heterocycles. The molecule has 2 aliphatic heterocycles. The number of nitrogens with zero attached hydrogens (tertiary/aromatic N) is 2. The third-order valence-corrected chi connectivity index (χ3v) is 12.9. The summed E-state index contributed by atoms with van der Waals surface area (Å²) >= 11 is 0. The summed E-state index contributed by atoms with van der Waals surface area (Å²) in [6.45, 7) is 5.61. The summed E-state index contributed by atoms with van der Waals surface area (Å²) in [6, 6.07) is 28.1. The van der Waals surface area contributed by atoms with E-state index >= 15 is 0 Å². The highest BCUT2D eigenvalue weighted by Crippen LogP contribution is 2.48. The number of sulfonamides is 2. The minimum atomic E-state index is -4.08. The summed E-state index contributed by atoms with van der Waals surface area (Å²) in [7, 11) is -8.11. The van der Waals surface area contributed by atoms with Gasteiger partial charge in [0.05, 0.1) is 21.9 Å². The Bertz CT molecular complexity index is 1890. The highest BCUT2D eigenvalue weighted by atomic mass is 32.2. The molecule has 44 heavy (non-hydrogen) atoms. The van der Waals surface area contributed by atoms with E-state index in [0.717, 1.165) is 27.8 Å². The minimum Gasteiger partial charge on any atom is -0.299 e. The average molecular weight is 629 g/mol. The molecule has 6 rings (SSSR count). The van der Waals surface area contributed by atoms with Crippen molar-refractivity contribution < 1.29 is 21.6 Å². The van der Waals surface area contributed by atoms with Gasteiger partial charge in [-0.2, -0.15) is 8.61 Å². The first-order chi connectivity index (χ1) is 21.0. The molecular weight excluding hydrogens is 593 g/mol. The largest absolute Gasteiger partial charge is 0.299 e. The Morgan fingerprint density at radius 3 is 1.77 bits per heavy atom. The fraction of sp³-hybridized carbons (Fsp3) is 0.286. The number of hydrogen-bond acceptors (Lipinski definition) is 5. The molecule has 228 valence electrons. The number of carbonyl (C=O) groups excluding carboxylic acids is 1. The van der Waals surface area contributed by atoms with Crippen LogP contribution in [-0.4, -0.2) is 43.8 Å². The molecule has 0 saturated carbocycles. The summed E-state index contributed by atoms with van der Waals surface area (Å²) in [5.74, 6) is -0.956. The molecule has 7 nitrogen and oxygen atoms in total. The number of carbonyl (C=O) groups is 1. The van der Waals surface area contributed by atoms with Crippen molar-refractivity contribution in [3.05, 3.63) is 131 Å². The van der Waals surface area contributed by atoms with Crippen molar-refractivity contribution >= 4 is 25.8 Å². The predicted octanol–water partition coefficient (Wildman–Crippen LogP) is 6.14. The van der Waals surface area contributed by atoms with Gasteiger partial charge < -0.3 is 0 Å². The molecule has 4 atom stereocenters. The number of hydrogen-bond donors (Lipinski definition) is 0. The van der Waals surface area contributed by atoms with Crippen LogP contribution in [0.25, 0.3) is 0 Å². The second kappa shape index (κ2) is 11.7. The van der Waals surface area contributed by atoms with Crippen LogP contribution in [0, 0.1) is 26.7 Å². The summed E-state index contributed by atoms with van der Waals surface area (Å²) in [4.78, 5) is 14.3. The summed E-state index contributed by atoms with van der Waals surface area (Å²) < 4.78 is 60.6. The molecule has 2 saturated heterocycles. The SMILES string of the molecule is Cc1ccc(S(=O)(=O)N2C[C@H]3C(=O)C[C@@H](c4ccccc4)N(S(=O)(=O)c4ccc(C)cc4)[C@H]3C[C@H]2c2ccccc2C)cc1. The Morgan fingerprint density at radius 2 is 1.18 bits per heavy atom. The molecule has 2 heterocycles. The lowest BCUT2D eigenvalue weighted by Crippen LogP contribution is -2.61. The van der Waals surface area contributed by atoms with Crippen LogP contribution >= 0.6 is 0 Å². The van der Waals surface area contributed by atoms with Crippen LogP contribution in [0.3, 0.4) is 0 Å². The van der Waals surface area contributed by atoms with E-state index in [0.29, 0.717) is 0 Å². The quantitative estimate of drug-likeness (QED) is 0.256. The average Bonchev–Trinajstić information content (AvgIpc) is 3.01. The van der Waals surface area contributed by atoms with E-state index in [9.17, 15) is 21.6 Å². The maximum atomic E-state index is 14.6. The first-order valence-electron chi connectivity index (χ1n) is 14.8. The number of piperidine rings is 2. The van der Waals surface area contributed by atoms with Crippen molar-refractivity contribution in [1.29, 1.82) is 0 Å². The van der Waals surface area contributed by atoms with E-state index in [1.165, 1.54) is 8.61 Å². The summed E-state index contributed by atoms with van der Waals surface area (Å²) in [5, 5.41) is 0. The van der Waals surface area contributed by atoms with Gasteiger partial charge in [-0.3, -0.25) is 4.79 Å². The van der Waals surface area contributed by atoms with Crippen molar-refractivity contribution in [3.63, 3.8) is 0 Å². The summed E-state index contributed by atoms with van der Waals surface area (Å²) in [5.41, 5.74) is 4.30. The molecule has 4 aromatic carbocycles. The molecule has 0 amide bonds. The first-order valence-corrected chi connectivity index (χ1v) is 17.7. The van der Waals surface area contributed by atoms with Gasteiger partial charge in [-0.15, -0.1) is 0 Å². The number of benzene rings is 4. The first kappa shape index (κ1) is 30.4. The lowest BCUT2D eigenvalue weighted by Gasteiger charge is -2.51. The molecule has 2 fully saturated rings. The zero-order valence-electron chi connectivity index (χ0n) is 25.0. The molecule has 9 heteroatoms. The Balaban J connectivity index is 1.52. The predicted molar refractivity (Wildman–Crippen MR) is 170 cm³/mol. The van der Waals surface area contributed by atoms with Gasteiger partial charge in [0.1, 0.15) is 5.78 Å². The van der Waals surface area contributed by atoms with Gasteiger partial charge in [-0.25, -0.2) is 16.8 Å². The second-order valence-electron chi connectivity index (χ2n) is 11.9. The van der Waals surface area contributed by atoms with Crippen LogP contribution in [0.15, 0.2) is 113 Å². The van der Waals surface area contributed by atoms with Gasteiger partial charge in [0.2, 0.25) is 20.0 Å². The molecule has 0 bridgehead atoms. The molecular formula is C35H36N2O5S2. The van der Waals surface area contributed by atoms with Crippen molar-refractivity contribution in [3.8, 4) is 0 Å². The molecule has 0 N–H and O–H groups in total. The number of rotatable bonds is 6. The topological polar surface area (TPSA) is 91.8 Å². The molecule has 2 aliphatic rings. The van der Waals surface area contributed by atoms with Crippen LogP contribution in [0.4, 0.5) is 0 Å². The van der Waals surface area contributed by atoms with Crippen LogP contribution < -0.4 is 0 Å². The van der Waals surface area contributed by atoms with Crippen molar-refractivity contribution in [1.82, 2.24) is 8.61 Å². The van der Waals surface area contributed by atoms with Crippen LogP contribution in [0.2, 0.25) is 0 Å². The van der Waals surface area contributed by atoms with E-state index < -0.39 is 44.1 Å². The van der Waals surface area contributed by atoms with E-state index in [4.69, 9.17) is 0 Å². The third kappa shape index (κ3) is 5.43. The lowest BCUT2D eigenvalue weighted by molar-refractivity contribution is -0.132. The number of fused-ring (bicyclic) bond motifs is 1. The Hall–Kier alpha value is -3.63. The minimum absolute atomic E-state index is 0.0380. The molecule has 0 radical (unpaired) electrons. The van der Waals surface area contributed by atoms with Crippen molar-refractivity contribution in [2.45, 2.75) is 61.5 Å². The van der Waals surface area contributed by atoms with Gasteiger partial charge in [0, 0.05) is 24.9 Å². The lowest BCUT2D eigenvalue weighted by atomic mass is 9.77. The second-order valence-corrected chi connectivity index (χ2v) is 15.6. The molecule has 0 spiro atoms. The maximum absolute atomic E-state index is 14.6. The Labute approximate surface area is 260 Å². The van der Waals surface area contributed by atoms with Crippen LogP contribution in [0.5, 0.6) is 0 Å². The highest BCUT2D eigenvalue weighted by molar-refractivity contribution is 7.89. The molecule has 4 aromatic rings. The van der Waals surface area contributed by atoms with Gasteiger partial charge in [-0.1, -0.05) is 90.0 Å². The van der Waals surface area contributed by atoms with Crippen molar-refractivity contribution in [2.75, 3.05) is 6.54 Å². The third-order valence-electron chi connectivity index (χ3n) is 9.05. The normalized spacial score (nSPS) is 23.3. The van der Waals surface area contributed by atoms with Gasteiger partial charge in [0.25, 0.3) is 0 Å². The van der Waals surface area contributed by atoms with Gasteiger partial charge in [-0.05, 0) is 68.1 Å². The smallest absolute Gasteiger partial charge is 0.243 e. The fourth-order valence-corrected chi connectivity index (χ4v) is 10.2. The van der Waals surface area contributed by atoms with E-state index in [1.807, 2.05) is 75.4 Å². The standard InChI is InChI=1S/C35H36N2O5S2/c1-24-13-17-28(18-14-24)43(39,40)36-23-31-34(21-33(36)30-12-8-7-9-26(30)3)37(44(41,42)29-19-15-25(2)16-20-29)32(22-35(31)38)27-10-5-4-6-11-27/h4-20,31-34H,21-23H2,1-3H3/t31-,32+,33+,34+/m1/s1. The zero-order valence-corrected chi connectivity index (χ0v) is 26.6. The van der Waals surface area contributed by atoms with Crippen LogP contribution in [-0.2, 0) is 24.8 Å². The van der Waals surface area contributed by atoms with E-state index in [2.05, 4.69) is 0 Å². The number of ketones is 1. The fourth-order valence-electron chi connectivity index (χ4n) is 6.69. The number of Topliss-reactive ketones (excluding diaryl/α,β-unsaturated/α-hetero) is 1.